The summed E-state index contributed by atoms with van der Waals surface area (Å²) in [6.07, 6.45) is 5.99. The van der Waals surface area contributed by atoms with Crippen LogP contribution in [-0.4, -0.2) is 28.7 Å². The Balaban J connectivity index is 1.97. The summed E-state index contributed by atoms with van der Waals surface area (Å²) in [6, 6.07) is 0. The van der Waals surface area contributed by atoms with Crippen molar-refractivity contribution in [1.82, 2.24) is 15.0 Å². The topological polar surface area (TPSA) is 39.9 Å². The molecular formula is C12H20ClN3O. The van der Waals surface area contributed by atoms with Crippen LogP contribution in [0.15, 0.2) is 0 Å². The maximum atomic E-state index is 5.92. The van der Waals surface area contributed by atoms with Crippen molar-refractivity contribution in [2.45, 2.75) is 50.4 Å². The molecule has 1 aliphatic rings. The predicted molar refractivity (Wildman–Crippen MR) is 67.3 cm³/mol. The lowest BCUT2D eigenvalue weighted by molar-refractivity contribution is 0.190. The van der Waals surface area contributed by atoms with Crippen molar-refractivity contribution < 1.29 is 4.74 Å². The van der Waals surface area contributed by atoms with E-state index in [1.165, 1.54) is 25.0 Å². The summed E-state index contributed by atoms with van der Waals surface area (Å²) in [5.41, 5.74) is 2.26. The Hall–Kier alpha value is -0.610. The molecule has 0 aliphatic heterocycles. The Morgan fingerprint density at radius 2 is 2.24 bits per heavy atom. The molecule has 2 rings (SSSR count). The molecule has 0 radical (unpaired) electrons. The first-order chi connectivity index (χ1) is 8.36. The Labute approximate surface area is 107 Å². The summed E-state index contributed by atoms with van der Waals surface area (Å²) in [5.74, 6) is 1.12. The van der Waals surface area contributed by atoms with Crippen LogP contribution in [0.1, 0.15) is 49.4 Å². The van der Waals surface area contributed by atoms with E-state index in [0.29, 0.717) is 11.8 Å². The summed E-state index contributed by atoms with van der Waals surface area (Å²) >= 11 is 5.92. The summed E-state index contributed by atoms with van der Waals surface area (Å²) in [5, 5.41) is 8.42. The molecule has 0 unspecified atom stereocenters. The number of aryl methyl sites for hydroxylation is 1. The van der Waals surface area contributed by atoms with Gasteiger partial charge in [0.2, 0.25) is 0 Å². The number of alkyl halides is 1. The third-order valence-electron chi connectivity index (χ3n) is 3.43. The minimum Gasteiger partial charge on any atom is -0.385 e. The highest BCUT2D eigenvalue weighted by Crippen LogP contribution is 2.37. The number of rotatable bonds is 7. The van der Waals surface area contributed by atoms with Gasteiger partial charge < -0.3 is 4.74 Å². The Bertz CT molecular complexity index is 350. The van der Waals surface area contributed by atoms with Gasteiger partial charge in [0.1, 0.15) is 5.69 Å². The van der Waals surface area contributed by atoms with Crippen molar-refractivity contribution in [1.29, 1.82) is 0 Å². The van der Waals surface area contributed by atoms with Gasteiger partial charge in [0.15, 0.2) is 0 Å². The van der Waals surface area contributed by atoms with Crippen molar-refractivity contribution in [2.24, 2.45) is 0 Å². The molecule has 0 atom stereocenters. The summed E-state index contributed by atoms with van der Waals surface area (Å²) < 4.78 is 7.10. The normalized spacial score (nSPS) is 16.1. The Morgan fingerprint density at radius 1 is 1.41 bits per heavy atom. The van der Waals surface area contributed by atoms with Crippen LogP contribution in [0.25, 0.3) is 0 Å². The highest BCUT2D eigenvalue weighted by Gasteiger charge is 2.26. The molecule has 0 bridgehead atoms. The molecule has 1 heterocycles. The third-order valence-corrected chi connectivity index (χ3v) is 3.69. The molecule has 5 heteroatoms. The van der Waals surface area contributed by atoms with E-state index >= 15 is 0 Å². The molecule has 0 amide bonds. The Kier molecular flexibility index (Phi) is 4.80. The van der Waals surface area contributed by atoms with E-state index < -0.39 is 0 Å². The van der Waals surface area contributed by atoms with Crippen LogP contribution < -0.4 is 0 Å². The van der Waals surface area contributed by atoms with Gasteiger partial charge in [-0.1, -0.05) is 11.6 Å². The van der Waals surface area contributed by atoms with E-state index in [4.69, 9.17) is 16.3 Å². The van der Waals surface area contributed by atoms with Crippen molar-refractivity contribution in [3.05, 3.63) is 11.4 Å². The maximum Gasteiger partial charge on any atom is 0.101 e. The van der Waals surface area contributed by atoms with Crippen molar-refractivity contribution in [2.75, 3.05) is 13.7 Å². The quantitative estimate of drug-likeness (QED) is 0.557. The van der Waals surface area contributed by atoms with Gasteiger partial charge in [0, 0.05) is 26.2 Å². The number of nitrogens with zero attached hydrogens (tertiary/aromatic N) is 3. The van der Waals surface area contributed by atoms with Gasteiger partial charge in [0.25, 0.3) is 0 Å². The predicted octanol–water partition coefficient (Wildman–Crippen LogP) is 2.71. The van der Waals surface area contributed by atoms with Gasteiger partial charge in [-0.15, -0.1) is 16.7 Å². The number of ether oxygens (including phenoxy) is 1. The maximum absolute atomic E-state index is 5.92. The molecule has 0 aromatic carbocycles. The molecule has 1 fully saturated rings. The second-order valence-corrected chi connectivity index (χ2v) is 4.87. The zero-order chi connectivity index (χ0) is 12.1. The standard InChI is InChI=1S/C12H20ClN3O/c1-17-8-3-2-7-16-12(10-5-4-6-10)11(9-13)14-15-16/h10H,2-9H2,1H3. The lowest BCUT2D eigenvalue weighted by Crippen LogP contribution is -2.17. The van der Waals surface area contributed by atoms with Crippen LogP contribution in [0.3, 0.4) is 0 Å². The zero-order valence-electron chi connectivity index (χ0n) is 10.4. The summed E-state index contributed by atoms with van der Waals surface area (Å²) in [7, 11) is 1.74. The first-order valence-electron chi connectivity index (χ1n) is 6.34. The number of hydrogen-bond donors (Lipinski definition) is 0. The molecular weight excluding hydrogens is 238 g/mol. The lowest BCUT2D eigenvalue weighted by Gasteiger charge is -2.26. The largest absolute Gasteiger partial charge is 0.385 e. The fraction of sp³-hybridized carbons (Fsp3) is 0.833. The highest BCUT2D eigenvalue weighted by atomic mass is 35.5. The minimum absolute atomic E-state index is 0.476. The minimum atomic E-state index is 0.476. The van der Waals surface area contributed by atoms with Crippen LogP contribution in [0.2, 0.25) is 0 Å². The average Bonchev–Trinajstić information content (AvgIpc) is 2.66. The highest BCUT2D eigenvalue weighted by molar-refractivity contribution is 6.16. The van der Waals surface area contributed by atoms with Crippen LogP contribution in [-0.2, 0) is 17.2 Å². The van der Waals surface area contributed by atoms with Crippen LogP contribution >= 0.6 is 11.6 Å². The van der Waals surface area contributed by atoms with Gasteiger partial charge in [-0.2, -0.15) is 0 Å². The average molecular weight is 258 g/mol. The second-order valence-electron chi connectivity index (χ2n) is 4.61. The molecule has 0 saturated heterocycles. The van der Waals surface area contributed by atoms with Gasteiger partial charge in [-0.05, 0) is 25.7 Å². The van der Waals surface area contributed by atoms with Crippen LogP contribution in [0.5, 0.6) is 0 Å². The first-order valence-corrected chi connectivity index (χ1v) is 6.87. The van der Waals surface area contributed by atoms with Gasteiger partial charge in [-0.25, -0.2) is 4.68 Å². The zero-order valence-corrected chi connectivity index (χ0v) is 11.1. The van der Waals surface area contributed by atoms with Gasteiger partial charge in [-0.3, -0.25) is 0 Å². The second kappa shape index (κ2) is 6.36. The fourth-order valence-corrected chi connectivity index (χ4v) is 2.44. The Morgan fingerprint density at radius 3 is 2.82 bits per heavy atom. The van der Waals surface area contributed by atoms with E-state index in [1.54, 1.807) is 7.11 Å². The van der Waals surface area contributed by atoms with Crippen molar-refractivity contribution >= 4 is 11.6 Å². The molecule has 0 spiro atoms. The van der Waals surface area contributed by atoms with Crippen molar-refractivity contribution in [3.8, 4) is 0 Å². The number of aromatic nitrogens is 3. The number of halogens is 1. The van der Waals surface area contributed by atoms with E-state index in [-0.39, 0.29) is 0 Å². The molecule has 1 aliphatic carbocycles. The molecule has 0 N–H and O–H groups in total. The molecule has 1 aromatic heterocycles. The smallest absolute Gasteiger partial charge is 0.101 e. The molecule has 1 aromatic rings. The number of methoxy groups -OCH3 is 1. The lowest BCUT2D eigenvalue weighted by atomic mass is 9.82. The number of unbranched alkanes of at least 4 members (excludes halogenated alkanes) is 1. The molecule has 1 saturated carbocycles. The summed E-state index contributed by atoms with van der Waals surface area (Å²) in [4.78, 5) is 0. The molecule has 4 nitrogen and oxygen atoms in total. The SMILES string of the molecule is COCCCCn1nnc(CCl)c1C1CCC1. The molecule has 17 heavy (non-hydrogen) atoms. The van der Waals surface area contributed by atoms with E-state index in [2.05, 4.69) is 15.0 Å². The number of hydrogen-bond acceptors (Lipinski definition) is 3. The van der Waals surface area contributed by atoms with Gasteiger partial charge in [0.05, 0.1) is 11.6 Å². The fourth-order valence-electron chi connectivity index (χ4n) is 2.25. The monoisotopic (exact) mass is 257 g/mol. The van der Waals surface area contributed by atoms with E-state index in [1.807, 2.05) is 0 Å². The van der Waals surface area contributed by atoms with Gasteiger partial charge >= 0.3 is 0 Å². The van der Waals surface area contributed by atoms with E-state index in [0.717, 1.165) is 31.7 Å². The summed E-state index contributed by atoms with van der Waals surface area (Å²) in [6.45, 7) is 1.74. The van der Waals surface area contributed by atoms with Crippen LogP contribution in [0.4, 0.5) is 0 Å². The molecule has 96 valence electrons. The first kappa shape index (κ1) is 12.8. The van der Waals surface area contributed by atoms with Crippen molar-refractivity contribution in [3.63, 3.8) is 0 Å². The third kappa shape index (κ3) is 2.99. The van der Waals surface area contributed by atoms with Crippen LogP contribution in [0, 0.1) is 0 Å². The van der Waals surface area contributed by atoms with E-state index in [9.17, 15) is 0 Å².